The van der Waals surface area contributed by atoms with Gasteiger partial charge in [-0.2, -0.15) is 5.10 Å². The lowest BCUT2D eigenvalue weighted by Crippen LogP contribution is -2.18. The molecule has 0 aromatic carbocycles. The van der Waals surface area contributed by atoms with E-state index in [0.717, 1.165) is 17.9 Å². The molecule has 0 spiro atoms. The Kier molecular flexibility index (Phi) is 3.86. The maximum Gasteiger partial charge on any atom is 0.148 e. The van der Waals surface area contributed by atoms with E-state index in [1.54, 1.807) is 0 Å². The minimum absolute atomic E-state index is 0.451. The van der Waals surface area contributed by atoms with E-state index < -0.39 is 0 Å². The number of anilines is 1. The van der Waals surface area contributed by atoms with Crippen LogP contribution in [0.15, 0.2) is 12.1 Å². The molecule has 0 saturated heterocycles. The first kappa shape index (κ1) is 11.0. The third kappa shape index (κ3) is 3.73. The van der Waals surface area contributed by atoms with Gasteiger partial charge < -0.3 is 5.32 Å². The van der Waals surface area contributed by atoms with Gasteiger partial charge >= 0.3 is 0 Å². The lowest BCUT2D eigenvalue weighted by Gasteiger charge is -2.15. The van der Waals surface area contributed by atoms with Crippen molar-refractivity contribution in [3.8, 4) is 0 Å². The quantitative estimate of drug-likeness (QED) is 0.798. The molecule has 0 aliphatic rings. The molecule has 0 radical (unpaired) electrons. The molecule has 3 heteroatoms. The van der Waals surface area contributed by atoms with E-state index in [4.69, 9.17) is 0 Å². The number of nitrogens with one attached hydrogen (secondary N) is 1. The average Bonchev–Trinajstić information content (AvgIpc) is 2.07. The predicted molar refractivity (Wildman–Crippen MR) is 59.3 cm³/mol. The molecule has 78 valence electrons. The fraction of sp³-hybridized carbons (Fsp3) is 0.636. The van der Waals surface area contributed by atoms with Crippen molar-refractivity contribution in [1.82, 2.24) is 10.2 Å². The first-order valence-corrected chi connectivity index (χ1v) is 5.15. The Hall–Kier alpha value is -1.12. The van der Waals surface area contributed by atoms with Gasteiger partial charge in [0.1, 0.15) is 5.82 Å². The lowest BCUT2D eigenvalue weighted by atomic mass is 10.1. The summed E-state index contributed by atoms with van der Waals surface area (Å²) in [6, 6.07) is 4.39. The molecule has 0 aliphatic carbocycles. The van der Waals surface area contributed by atoms with Crippen LogP contribution in [-0.4, -0.2) is 16.2 Å². The molecule has 0 aliphatic heterocycles. The largest absolute Gasteiger partial charge is 0.366 e. The van der Waals surface area contributed by atoms with Crippen LogP contribution in [0.1, 0.15) is 32.9 Å². The Morgan fingerprint density at radius 2 is 1.93 bits per heavy atom. The first-order valence-electron chi connectivity index (χ1n) is 5.15. The number of aryl methyl sites for hydroxylation is 1. The van der Waals surface area contributed by atoms with Crippen molar-refractivity contribution >= 4 is 5.82 Å². The van der Waals surface area contributed by atoms with Gasteiger partial charge in [-0.1, -0.05) is 13.8 Å². The van der Waals surface area contributed by atoms with Gasteiger partial charge in [-0.25, -0.2) is 0 Å². The summed E-state index contributed by atoms with van der Waals surface area (Å²) in [5.41, 5.74) is 0.951. The third-order valence-corrected chi connectivity index (χ3v) is 2.02. The van der Waals surface area contributed by atoms with Crippen molar-refractivity contribution in [3.05, 3.63) is 17.8 Å². The van der Waals surface area contributed by atoms with E-state index in [1.807, 2.05) is 19.1 Å². The zero-order valence-corrected chi connectivity index (χ0v) is 9.41. The fourth-order valence-electron chi connectivity index (χ4n) is 1.49. The Morgan fingerprint density at radius 1 is 1.21 bits per heavy atom. The summed E-state index contributed by atoms with van der Waals surface area (Å²) in [6.45, 7) is 8.55. The van der Waals surface area contributed by atoms with E-state index in [-0.39, 0.29) is 0 Å². The monoisotopic (exact) mass is 193 g/mol. The molecule has 0 saturated carbocycles. The second-order valence-electron chi connectivity index (χ2n) is 4.23. The van der Waals surface area contributed by atoms with E-state index in [2.05, 4.69) is 36.3 Å². The van der Waals surface area contributed by atoms with Crippen molar-refractivity contribution in [1.29, 1.82) is 0 Å². The molecule has 1 N–H and O–H groups in total. The molecule has 0 fully saturated rings. The Bertz CT molecular complexity index is 266. The van der Waals surface area contributed by atoms with Gasteiger partial charge in [-0.05, 0) is 38.3 Å². The molecular formula is C11H19N3. The van der Waals surface area contributed by atoms with Gasteiger partial charge in [-0.15, -0.1) is 5.10 Å². The highest BCUT2D eigenvalue weighted by molar-refractivity contribution is 5.33. The van der Waals surface area contributed by atoms with E-state index in [0.29, 0.717) is 12.0 Å². The normalized spacial score (nSPS) is 12.9. The molecule has 14 heavy (non-hydrogen) atoms. The van der Waals surface area contributed by atoms with Crippen molar-refractivity contribution in [2.75, 3.05) is 5.32 Å². The summed E-state index contributed by atoms with van der Waals surface area (Å²) in [6.07, 6.45) is 1.15. The van der Waals surface area contributed by atoms with E-state index >= 15 is 0 Å². The molecule has 1 aromatic heterocycles. The maximum absolute atomic E-state index is 4.06. The Balaban J connectivity index is 2.47. The van der Waals surface area contributed by atoms with Crippen molar-refractivity contribution in [2.45, 2.75) is 40.2 Å². The number of hydrogen-bond donors (Lipinski definition) is 1. The first-order chi connectivity index (χ1) is 6.58. The summed E-state index contributed by atoms with van der Waals surface area (Å²) in [7, 11) is 0. The van der Waals surface area contributed by atoms with E-state index in [9.17, 15) is 0 Å². The van der Waals surface area contributed by atoms with Gasteiger partial charge in [0, 0.05) is 6.04 Å². The van der Waals surface area contributed by atoms with Crippen LogP contribution in [0.4, 0.5) is 5.82 Å². The summed E-state index contributed by atoms with van der Waals surface area (Å²) >= 11 is 0. The second kappa shape index (κ2) is 4.94. The third-order valence-electron chi connectivity index (χ3n) is 2.02. The van der Waals surface area contributed by atoms with Crippen molar-refractivity contribution in [3.63, 3.8) is 0 Å². The molecule has 1 aromatic rings. The number of hydrogen-bond acceptors (Lipinski definition) is 3. The van der Waals surface area contributed by atoms with Crippen molar-refractivity contribution in [2.24, 2.45) is 5.92 Å². The van der Waals surface area contributed by atoms with Crippen LogP contribution in [0.2, 0.25) is 0 Å². The number of rotatable bonds is 4. The van der Waals surface area contributed by atoms with Crippen LogP contribution in [0, 0.1) is 12.8 Å². The van der Waals surface area contributed by atoms with Crippen LogP contribution in [0.25, 0.3) is 0 Å². The lowest BCUT2D eigenvalue weighted by molar-refractivity contribution is 0.538. The Morgan fingerprint density at radius 3 is 2.43 bits per heavy atom. The summed E-state index contributed by atoms with van der Waals surface area (Å²) in [5.74, 6) is 1.57. The van der Waals surface area contributed by atoms with Crippen LogP contribution < -0.4 is 5.32 Å². The van der Waals surface area contributed by atoms with Gasteiger partial charge in [0.25, 0.3) is 0 Å². The summed E-state index contributed by atoms with van der Waals surface area (Å²) < 4.78 is 0. The predicted octanol–water partition coefficient (Wildman–Crippen LogP) is 2.63. The average molecular weight is 193 g/mol. The molecule has 3 nitrogen and oxygen atoms in total. The number of nitrogens with zero attached hydrogens (tertiary/aromatic N) is 2. The highest BCUT2D eigenvalue weighted by atomic mass is 15.2. The minimum Gasteiger partial charge on any atom is -0.366 e. The topological polar surface area (TPSA) is 37.8 Å². The van der Waals surface area contributed by atoms with Crippen LogP contribution in [-0.2, 0) is 0 Å². The zero-order valence-electron chi connectivity index (χ0n) is 9.41. The smallest absolute Gasteiger partial charge is 0.148 e. The van der Waals surface area contributed by atoms with Crippen LogP contribution >= 0.6 is 0 Å². The summed E-state index contributed by atoms with van der Waals surface area (Å²) in [5, 5.41) is 11.4. The van der Waals surface area contributed by atoms with E-state index in [1.165, 1.54) is 0 Å². The fourth-order valence-corrected chi connectivity index (χ4v) is 1.49. The summed E-state index contributed by atoms with van der Waals surface area (Å²) in [4.78, 5) is 0. The molecule has 0 bridgehead atoms. The molecule has 1 rings (SSSR count). The zero-order chi connectivity index (χ0) is 10.6. The van der Waals surface area contributed by atoms with Gasteiger partial charge in [0.05, 0.1) is 5.69 Å². The molecule has 1 heterocycles. The van der Waals surface area contributed by atoms with Crippen LogP contribution in [0.5, 0.6) is 0 Å². The molecule has 0 amide bonds. The number of aromatic nitrogens is 2. The second-order valence-corrected chi connectivity index (χ2v) is 4.23. The molecule has 1 unspecified atom stereocenters. The Labute approximate surface area is 85.9 Å². The maximum atomic E-state index is 4.06. The van der Waals surface area contributed by atoms with Gasteiger partial charge in [0.15, 0.2) is 0 Å². The molecular weight excluding hydrogens is 174 g/mol. The SMILES string of the molecule is Cc1ccc(NC(C)CC(C)C)nn1. The highest BCUT2D eigenvalue weighted by Crippen LogP contribution is 2.09. The van der Waals surface area contributed by atoms with Gasteiger partial charge in [0.2, 0.25) is 0 Å². The standard InChI is InChI=1S/C11H19N3/c1-8(2)7-10(4)12-11-6-5-9(3)13-14-11/h5-6,8,10H,7H2,1-4H3,(H,12,14). The van der Waals surface area contributed by atoms with Gasteiger partial charge in [-0.3, -0.25) is 0 Å². The molecule has 1 atom stereocenters. The minimum atomic E-state index is 0.451. The van der Waals surface area contributed by atoms with Crippen LogP contribution in [0.3, 0.4) is 0 Å². The van der Waals surface area contributed by atoms with Crippen molar-refractivity contribution < 1.29 is 0 Å². The highest BCUT2D eigenvalue weighted by Gasteiger charge is 2.05.